The molecule has 1 atom stereocenters. The maximum atomic E-state index is 10.2. The summed E-state index contributed by atoms with van der Waals surface area (Å²) in [6, 6.07) is 9.80. The van der Waals surface area contributed by atoms with Crippen LogP contribution in [0.15, 0.2) is 34.8 Å². The molecule has 0 saturated heterocycles. The van der Waals surface area contributed by atoms with E-state index < -0.39 is 6.10 Å². The van der Waals surface area contributed by atoms with E-state index in [4.69, 9.17) is 11.6 Å². The molecular weight excluding hydrogens is 320 g/mol. The minimum atomic E-state index is -0.485. The normalized spacial score (nSPS) is 12.7. The first-order valence-electron chi connectivity index (χ1n) is 5.24. The molecule has 1 N–H and O–H groups in total. The van der Waals surface area contributed by atoms with Crippen molar-refractivity contribution < 1.29 is 5.11 Å². The molecule has 1 aromatic carbocycles. The third-order valence-electron chi connectivity index (χ3n) is 2.47. The molecular formula is C13H12BrClOS. The number of benzene rings is 1. The zero-order valence-corrected chi connectivity index (χ0v) is 12.4. The summed E-state index contributed by atoms with van der Waals surface area (Å²) in [6.45, 7) is 2.02. The van der Waals surface area contributed by atoms with Gasteiger partial charge in [0.15, 0.2) is 0 Å². The molecule has 0 saturated carbocycles. The summed E-state index contributed by atoms with van der Waals surface area (Å²) >= 11 is 10.8. The number of aliphatic hydroxyl groups is 1. The molecule has 2 rings (SSSR count). The van der Waals surface area contributed by atoms with Crippen molar-refractivity contribution in [3.05, 3.63) is 55.1 Å². The van der Waals surface area contributed by atoms with Crippen LogP contribution in [0.5, 0.6) is 0 Å². The van der Waals surface area contributed by atoms with E-state index in [2.05, 4.69) is 15.9 Å². The number of hydrogen-bond acceptors (Lipinski definition) is 2. The molecule has 0 fully saturated rings. The standard InChI is InChI=1S/C13H12BrClOS/c1-8-4-9(6-10(14)5-8)12(16)7-11-2-3-13(15)17-11/h2-6,12,16H,7H2,1H3. The van der Waals surface area contributed by atoms with Gasteiger partial charge >= 0.3 is 0 Å². The Labute approximate surface area is 118 Å². The van der Waals surface area contributed by atoms with E-state index in [1.165, 1.54) is 11.3 Å². The maximum absolute atomic E-state index is 10.2. The lowest BCUT2D eigenvalue weighted by atomic mass is 10.0. The largest absolute Gasteiger partial charge is 0.388 e. The third kappa shape index (κ3) is 3.55. The van der Waals surface area contributed by atoms with Gasteiger partial charge in [0.1, 0.15) is 0 Å². The summed E-state index contributed by atoms with van der Waals surface area (Å²) in [5.41, 5.74) is 2.07. The second-order valence-corrected chi connectivity index (χ2v) is 6.70. The Hall–Kier alpha value is -0.350. The van der Waals surface area contributed by atoms with Crippen molar-refractivity contribution in [3.8, 4) is 0 Å². The summed E-state index contributed by atoms with van der Waals surface area (Å²) in [5.74, 6) is 0. The van der Waals surface area contributed by atoms with Crippen LogP contribution in [0.1, 0.15) is 22.1 Å². The first-order chi connectivity index (χ1) is 8.04. The first-order valence-corrected chi connectivity index (χ1v) is 7.23. The molecule has 0 aliphatic heterocycles. The molecule has 0 bridgehead atoms. The molecule has 0 spiro atoms. The van der Waals surface area contributed by atoms with Crippen LogP contribution in [-0.4, -0.2) is 5.11 Å². The van der Waals surface area contributed by atoms with Gasteiger partial charge in [0, 0.05) is 15.8 Å². The number of aliphatic hydroxyl groups excluding tert-OH is 1. The fourth-order valence-electron chi connectivity index (χ4n) is 1.73. The van der Waals surface area contributed by atoms with Crippen molar-refractivity contribution in [2.75, 3.05) is 0 Å². The van der Waals surface area contributed by atoms with E-state index in [0.717, 1.165) is 24.8 Å². The van der Waals surface area contributed by atoms with E-state index in [1.807, 2.05) is 37.3 Å². The minimum Gasteiger partial charge on any atom is -0.388 e. The van der Waals surface area contributed by atoms with Crippen molar-refractivity contribution in [2.45, 2.75) is 19.4 Å². The summed E-state index contributed by atoms with van der Waals surface area (Å²) in [7, 11) is 0. The molecule has 1 nitrogen and oxygen atoms in total. The highest BCUT2D eigenvalue weighted by Gasteiger charge is 2.11. The Morgan fingerprint density at radius 1 is 1.35 bits per heavy atom. The number of hydrogen-bond donors (Lipinski definition) is 1. The van der Waals surface area contributed by atoms with Crippen LogP contribution in [0.4, 0.5) is 0 Å². The molecule has 90 valence electrons. The van der Waals surface area contributed by atoms with Crippen molar-refractivity contribution in [1.29, 1.82) is 0 Å². The predicted octanol–water partition coefficient (Wildman–Crippen LogP) is 4.75. The highest BCUT2D eigenvalue weighted by Crippen LogP contribution is 2.28. The van der Waals surface area contributed by atoms with Gasteiger partial charge in [-0.05, 0) is 42.3 Å². The lowest BCUT2D eigenvalue weighted by molar-refractivity contribution is 0.179. The van der Waals surface area contributed by atoms with Crippen LogP contribution < -0.4 is 0 Å². The van der Waals surface area contributed by atoms with Crippen molar-refractivity contribution >= 4 is 38.9 Å². The van der Waals surface area contributed by atoms with Gasteiger partial charge in [-0.1, -0.05) is 33.6 Å². The van der Waals surface area contributed by atoms with Gasteiger partial charge in [0.05, 0.1) is 10.4 Å². The minimum absolute atomic E-state index is 0.485. The molecule has 0 aliphatic rings. The van der Waals surface area contributed by atoms with Crippen LogP contribution in [0.2, 0.25) is 4.34 Å². The van der Waals surface area contributed by atoms with E-state index in [0.29, 0.717) is 6.42 Å². The van der Waals surface area contributed by atoms with E-state index in [-0.39, 0.29) is 0 Å². The van der Waals surface area contributed by atoms with Gasteiger partial charge in [0.2, 0.25) is 0 Å². The van der Waals surface area contributed by atoms with Crippen LogP contribution in [0.3, 0.4) is 0 Å². The quantitative estimate of drug-likeness (QED) is 0.860. The monoisotopic (exact) mass is 330 g/mol. The molecule has 0 amide bonds. The third-order valence-corrected chi connectivity index (χ3v) is 4.18. The van der Waals surface area contributed by atoms with Crippen molar-refractivity contribution in [1.82, 2.24) is 0 Å². The Bertz CT molecular complexity index is 504. The Balaban J connectivity index is 2.16. The molecule has 1 aromatic heterocycles. The second kappa shape index (κ2) is 5.53. The van der Waals surface area contributed by atoms with Gasteiger partial charge in [-0.25, -0.2) is 0 Å². The second-order valence-electron chi connectivity index (χ2n) is 3.99. The zero-order chi connectivity index (χ0) is 12.4. The summed E-state index contributed by atoms with van der Waals surface area (Å²) in [5, 5.41) is 10.2. The topological polar surface area (TPSA) is 20.2 Å². The highest BCUT2D eigenvalue weighted by molar-refractivity contribution is 9.10. The molecule has 4 heteroatoms. The number of thiophene rings is 1. The van der Waals surface area contributed by atoms with Crippen molar-refractivity contribution in [2.24, 2.45) is 0 Å². The molecule has 17 heavy (non-hydrogen) atoms. The lowest BCUT2D eigenvalue weighted by Gasteiger charge is -2.11. The lowest BCUT2D eigenvalue weighted by Crippen LogP contribution is -2.00. The van der Waals surface area contributed by atoms with Crippen LogP contribution in [0, 0.1) is 6.92 Å². The summed E-state index contributed by atoms with van der Waals surface area (Å²) in [6.07, 6.45) is 0.119. The zero-order valence-electron chi connectivity index (χ0n) is 9.28. The Morgan fingerprint density at radius 2 is 2.12 bits per heavy atom. The van der Waals surface area contributed by atoms with Crippen LogP contribution >= 0.6 is 38.9 Å². The van der Waals surface area contributed by atoms with Gasteiger partial charge < -0.3 is 5.11 Å². The number of rotatable bonds is 3. The summed E-state index contributed by atoms with van der Waals surface area (Å²) < 4.78 is 1.76. The molecule has 2 aromatic rings. The van der Waals surface area contributed by atoms with Gasteiger partial charge in [-0.15, -0.1) is 11.3 Å². The van der Waals surface area contributed by atoms with Gasteiger partial charge in [-0.3, -0.25) is 0 Å². The average molecular weight is 332 g/mol. The smallest absolute Gasteiger partial charge is 0.0931 e. The summed E-state index contributed by atoms with van der Waals surface area (Å²) in [4.78, 5) is 1.10. The maximum Gasteiger partial charge on any atom is 0.0931 e. The van der Waals surface area contributed by atoms with Gasteiger partial charge in [-0.2, -0.15) is 0 Å². The Kier molecular flexibility index (Phi) is 4.26. The SMILES string of the molecule is Cc1cc(Br)cc(C(O)Cc2ccc(Cl)s2)c1. The molecule has 0 radical (unpaired) electrons. The van der Waals surface area contributed by atoms with Crippen molar-refractivity contribution in [3.63, 3.8) is 0 Å². The number of aryl methyl sites for hydroxylation is 1. The molecule has 1 heterocycles. The van der Waals surface area contributed by atoms with Gasteiger partial charge in [0.25, 0.3) is 0 Å². The number of halogens is 2. The van der Waals surface area contributed by atoms with E-state index >= 15 is 0 Å². The van der Waals surface area contributed by atoms with Crippen LogP contribution in [0.25, 0.3) is 0 Å². The van der Waals surface area contributed by atoms with E-state index in [1.54, 1.807) is 0 Å². The first kappa shape index (κ1) is 13.1. The fourth-order valence-corrected chi connectivity index (χ4v) is 3.48. The highest BCUT2D eigenvalue weighted by atomic mass is 79.9. The fraction of sp³-hybridized carbons (Fsp3) is 0.231. The van der Waals surface area contributed by atoms with Crippen LogP contribution in [-0.2, 0) is 6.42 Å². The average Bonchev–Trinajstić information content (AvgIpc) is 2.62. The predicted molar refractivity (Wildman–Crippen MR) is 76.9 cm³/mol. The Morgan fingerprint density at radius 3 is 2.71 bits per heavy atom. The molecule has 0 aliphatic carbocycles. The molecule has 1 unspecified atom stereocenters. The van der Waals surface area contributed by atoms with E-state index in [9.17, 15) is 5.11 Å².